The van der Waals surface area contributed by atoms with Crippen molar-refractivity contribution in [2.24, 2.45) is 23.7 Å². The number of hydrogen-bond donors (Lipinski definition) is 2. The van der Waals surface area contributed by atoms with Crippen LogP contribution in [0.4, 0.5) is 17.1 Å². The van der Waals surface area contributed by atoms with Crippen molar-refractivity contribution in [1.29, 1.82) is 0 Å². The number of hydrogen-bond acceptors (Lipinski definition) is 11. The molecule has 0 spiro atoms. The van der Waals surface area contributed by atoms with Gasteiger partial charge in [0.2, 0.25) is 11.8 Å². The molecule has 8 rings (SSSR count). The number of carbonyl (C=O) groups is 4. The lowest BCUT2D eigenvalue weighted by Crippen LogP contribution is -2.53. The standard InChI is InChI=1S/C41H34Cl2N4O10/c1-55-24-10-7-20(8-11-24)41-29(38(50)46(40(41)52)44-31-14-9-21(42)15-30(31)43)19-28-26(36(41)35-32(48)17-25(56-2)18-33(35)57-3)12-13-27-34(28)39(51)45(37(27)49)22-5-4-6-23(16-22)47(53)54/h4-12,14-18,27-29,34,36,44,48H,13,19H2,1-3H3/t27-,28+,29-,34-,36+,41+/m0/s1. The third-order valence-electron chi connectivity index (χ3n) is 11.7. The third-order valence-corrected chi connectivity index (χ3v) is 12.3. The van der Waals surface area contributed by atoms with Gasteiger partial charge in [-0.15, -0.1) is 0 Å². The molecule has 0 radical (unpaired) electrons. The zero-order valence-corrected chi connectivity index (χ0v) is 32.1. The van der Waals surface area contributed by atoms with E-state index in [2.05, 4.69) is 5.43 Å². The largest absolute Gasteiger partial charge is 0.507 e. The predicted octanol–water partition coefficient (Wildman–Crippen LogP) is 6.82. The first kappa shape index (κ1) is 37.8. The monoisotopic (exact) mass is 812 g/mol. The molecule has 1 saturated carbocycles. The number of rotatable bonds is 9. The highest BCUT2D eigenvalue weighted by molar-refractivity contribution is 6.36. The number of anilines is 2. The van der Waals surface area contributed by atoms with Crippen molar-refractivity contribution in [2.45, 2.75) is 24.2 Å². The topological polar surface area (TPSA) is 178 Å². The number of fused-ring (bicyclic) bond motifs is 4. The van der Waals surface area contributed by atoms with E-state index in [1.165, 1.54) is 63.8 Å². The summed E-state index contributed by atoms with van der Waals surface area (Å²) in [4.78, 5) is 71.4. The third kappa shape index (κ3) is 5.68. The van der Waals surface area contributed by atoms with Gasteiger partial charge in [-0.2, -0.15) is 5.01 Å². The Morgan fingerprint density at radius 2 is 1.60 bits per heavy atom. The van der Waals surface area contributed by atoms with Gasteiger partial charge < -0.3 is 19.3 Å². The molecule has 2 heterocycles. The number of hydrazine groups is 1. The lowest BCUT2D eigenvalue weighted by Gasteiger charge is -2.50. The van der Waals surface area contributed by atoms with Gasteiger partial charge in [-0.25, -0.2) is 4.90 Å². The molecule has 6 atom stereocenters. The van der Waals surface area contributed by atoms with Crippen molar-refractivity contribution in [3.05, 3.63) is 122 Å². The van der Waals surface area contributed by atoms with Gasteiger partial charge in [0.15, 0.2) is 0 Å². The van der Waals surface area contributed by atoms with Gasteiger partial charge in [0.1, 0.15) is 23.0 Å². The summed E-state index contributed by atoms with van der Waals surface area (Å²) >= 11 is 12.7. The van der Waals surface area contributed by atoms with Crippen molar-refractivity contribution < 1.29 is 43.4 Å². The lowest BCUT2D eigenvalue weighted by molar-refractivity contribution is -0.384. The minimum atomic E-state index is -1.78. The lowest BCUT2D eigenvalue weighted by atomic mass is 9.49. The van der Waals surface area contributed by atoms with Crippen LogP contribution in [0.5, 0.6) is 23.0 Å². The summed E-state index contributed by atoms with van der Waals surface area (Å²) in [6.45, 7) is 0. The number of halogens is 2. The Kier molecular flexibility index (Phi) is 9.36. The van der Waals surface area contributed by atoms with E-state index in [4.69, 9.17) is 37.4 Å². The fraction of sp³-hybridized carbons (Fsp3) is 0.268. The zero-order chi connectivity index (χ0) is 40.5. The van der Waals surface area contributed by atoms with E-state index in [0.717, 1.165) is 9.91 Å². The van der Waals surface area contributed by atoms with Crippen LogP contribution < -0.4 is 24.5 Å². The summed E-state index contributed by atoms with van der Waals surface area (Å²) in [5.41, 5.74) is 2.23. The molecular weight excluding hydrogens is 779 g/mol. The Morgan fingerprint density at radius 3 is 2.26 bits per heavy atom. The molecule has 4 amide bonds. The molecule has 0 bridgehead atoms. The molecule has 14 nitrogen and oxygen atoms in total. The molecule has 2 saturated heterocycles. The SMILES string of the molecule is COc1ccc([C@@]23C(=O)N(Nc4ccc(Cl)cc4Cl)C(=O)[C@@H]2C[C@@H]2C(=CC[C@@H]4C(=O)N(c5cccc([N+](=O)[O-])c5)C(=O)[C@@H]42)[C@@H]3c2c(O)cc(OC)cc2OC)cc1. The first-order chi connectivity index (χ1) is 27.3. The van der Waals surface area contributed by atoms with Gasteiger partial charge in [0.25, 0.3) is 17.5 Å². The number of nitrogens with one attached hydrogen (secondary N) is 1. The Hall–Kier alpha value is -6.12. The maximum atomic E-state index is 15.6. The first-order valence-corrected chi connectivity index (χ1v) is 18.6. The molecule has 2 aliphatic heterocycles. The van der Waals surface area contributed by atoms with Crippen LogP contribution in [0.2, 0.25) is 10.0 Å². The fourth-order valence-corrected chi connectivity index (χ4v) is 9.77. The minimum Gasteiger partial charge on any atom is -0.507 e. The molecule has 2 N–H and O–H groups in total. The molecule has 3 fully saturated rings. The van der Waals surface area contributed by atoms with Crippen LogP contribution in [-0.2, 0) is 24.6 Å². The van der Waals surface area contributed by atoms with E-state index in [-0.39, 0.29) is 57.7 Å². The van der Waals surface area contributed by atoms with Crippen LogP contribution in [0.25, 0.3) is 0 Å². The van der Waals surface area contributed by atoms with Crippen molar-refractivity contribution in [3.63, 3.8) is 0 Å². The number of benzene rings is 4. The van der Waals surface area contributed by atoms with Gasteiger partial charge in [-0.05, 0) is 60.7 Å². The van der Waals surface area contributed by atoms with E-state index in [1.807, 2.05) is 6.08 Å². The minimum absolute atomic E-state index is 0.0481. The number of phenolic OH excluding ortho intramolecular Hbond substituents is 1. The summed E-state index contributed by atoms with van der Waals surface area (Å²) in [5.74, 6) is -6.92. The summed E-state index contributed by atoms with van der Waals surface area (Å²) in [5, 5.41) is 25.0. The molecule has 16 heteroatoms. The number of amides is 4. The van der Waals surface area contributed by atoms with E-state index in [0.29, 0.717) is 21.9 Å². The maximum Gasteiger partial charge on any atom is 0.271 e. The summed E-state index contributed by atoms with van der Waals surface area (Å²) < 4.78 is 16.8. The average Bonchev–Trinajstić information content (AvgIpc) is 3.59. The number of allylic oxidation sites excluding steroid dienone is 2. The predicted molar refractivity (Wildman–Crippen MR) is 207 cm³/mol. The second kappa shape index (κ2) is 14.1. The molecule has 4 aliphatic rings. The normalized spacial score (nSPS) is 25.1. The number of nitrogens with zero attached hydrogens (tertiary/aromatic N) is 3. The smallest absolute Gasteiger partial charge is 0.271 e. The van der Waals surface area contributed by atoms with Crippen LogP contribution in [0, 0.1) is 33.8 Å². The molecule has 0 unspecified atom stereocenters. The van der Waals surface area contributed by atoms with Gasteiger partial charge in [0, 0.05) is 40.8 Å². The zero-order valence-electron chi connectivity index (χ0n) is 30.6. The van der Waals surface area contributed by atoms with Crippen LogP contribution in [0.1, 0.15) is 29.9 Å². The molecule has 0 aromatic heterocycles. The number of imide groups is 2. The number of carbonyl (C=O) groups excluding carboxylic acids is 4. The second-order valence-corrected chi connectivity index (χ2v) is 15.1. The van der Waals surface area contributed by atoms with E-state index >= 15 is 9.59 Å². The van der Waals surface area contributed by atoms with Gasteiger partial charge in [0.05, 0.1) is 65.8 Å². The van der Waals surface area contributed by atoms with Crippen LogP contribution in [0.3, 0.4) is 0 Å². The number of phenols is 1. The Labute approximate surface area is 335 Å². The van der Waals surface area contributed by atoms with E-state index in [9.17, 15) is 24.8 Å². The molecule has 57 heavy (non-hydrogen) atoms. The van der Waals surface area contributed by atoms with Crippen molar-refractivity contribution >= 4 is 63.9 Å². The fourth-order valence-electron chi connectivity index (χ4n) is 9.32. The second-order valence-electron chi connectivity index (χ2n) is 14.3. The average molecular weight is 814 g/mol. The summed E-state index contributed by atoms with van der Waals surface area (Å²) in [6, 6.07) is 19.5. The highest BCUT2D eigenvalue weighted by atomic mass is 35.5. The first-order valence-electron chi connectivity index (χ1n) is 17.9. The van der Waals surface area contributed by atoms with Crippen LogP contribution in [0.15, 0.2) is 90.5 Å². The highest BCUT2D eigenvalue weighted by Gasteiger charge is 2.71. The van der Waals surface area contributed by atoms with Gasteiger partial charge in [-0.3, -0.25) is 34.7 Å². The van der Waals surface area contributed by atoms with E-state index < -0.39 is 63.6 Å². The summed E-state index contributed by atoms with van der Waals surface area (Å²) in [7, 11) is 4.31. The molecular formula is C41H34Cl2N4O10. The number of aromatic hydroxyl groups is 1. The van der Waals surface area contributed by atoms with Crippen LogP contribution >= 0.6 is 23.2 Å². The van der Waals surface area contributed by atoms with Gasteiger partial charge >= 0.3 is 0 Å². The number of non-ortho nitro benzene ring substituents is 1. The van der Waals surface area contributed by atoms with Crippen molar-refractivity contribution in [1.82, 2.24) is 5.01 Å². The molecule has 2 aliphatic carbocycles. The quantitative estimate of drug-likeness (QED) is 0.0784. The van der Waals surface area contributed by atoms with Crippen molar-refractivity contribution in [2.75, 3.05) is 31.7 Å². The number of ether oxygens (including phenoxy) is 3. The number of nitro groups is 1. The molecule has 292 valence electrons. The summed E-state index contributed by atoms with van der Waals surface area (Å²) in [6.07, 6.45) is 1.82. The van der Waals surface area contributed by atoms with Gasteiger partial charge in [-0.1, -0.05) is 53.1 Å². The van der Waals surface area contributed by atoms with E-state index in [1.54, 1.807) is 36.4 Å². The van der Waals surface area contributed by atoms with Crippen LogP contribution in [-0.4, -0.2) is 60.0 Å². The number of methoxy groups -OCH3 is 3. The Balaban J connectivity index is 1.36. The van der Waals surface area contributed by atoms with Crippen molar-refractivity contribution in [3.8, 4) is 23.0 Å². The maximum absolute atomic E-state index is 15.6. The molecule has 4 aromatic carbocycles. The number of nitro benzene ring substituents is 1. The Bertz CT molecular complexity index is 2420. The Morgan fingerprint density at radius 1 is 0.860 bits per heavy atom. The highest BCUT2D eigenvalue weighted by Crippen LogP contribution is 2.66. The molecule has 4 aromatic rings.